The first-order chi connectivity index (χ1) is 11.0. The van der Waals surface area contributed by atoms with Crippen molar-refractivity contribution in [3.63, 3.8) is 0 Å². The van der Waals surface area contributed by atoms with Gasteiger partial charge in [-0.2, -0.15) is 5.26 Å². The van der Waals surface area contributed by atoms with Crippen LogP contribution in [0.15, 0.2) is 24.3 Å². The van der Waals surface area contributed by atoms with Crippen LogP contribution >= 0.6 is 0 Å². The van der Waals surface area contributed by atoms with Gasteiger partial charge in [0.1, 0.15) is 11.8 Å². The van der Waals surface area contributed by atoms with E-state index in [9.17, 15) is 9.90 Å². The molecule has 0 bridgehead atoms. The molecule has 0 spiro atoms. The summed E-state index contributed by atoms with van der Waals surface area (Å²) in [5.41, 5.74) is 0.425. The molecule has 0 unspecified atom stereocenters. The molecule has 0 saturated carbocycles. The maximum Gasteiger partial charge on any atom is 0.263 e. The third kappa shape index (κ3) is 4.68. The Bertz CT molecular complexity index is 575. The second-order valence-electron chi connectivity index (χ2n) is 5.84. The summed E-state index contributed by atoms with van der Waals surface area (Å²) < 4.78 is 5.68. The van der Waals surface area contributed by atoms with Crippen LogP contribution in [0.25, 0.3) is 0 Å². The number of para-hydroxylation sites is 1. The van der Waals surface area contributed by atoms with Crippen LogP contribution in [0.1, 0.15) is 19.4 Å². The van der Waals surface area contributed by atoms with Crippen molar-refractivity contribution < 1.29 is 14.6 Å². The molecule has 6 nitrogen and oxygen atoms in total. The van der Waals surface area contributed by atoms with Gasteiger partial charge in [-0.3, -0.25) is 9.69 Å². The summed E-state index contributed by atoms with van der Waals surface area (Å²) >= 11 is 0. The minimum atomic E-state index is -0.632. The molecule has 0 aromatic heterocycles. The van der Waals surface area contributed by atoms with Gasteiger partial charge in [0.2, 0.25) is 0 Å². The molecule has 1 aliphatic heterocycles. The van der Waals surface area contributed by atoms with Gasteiger partial charge in [-0.05, 0) is 26.0 Å². The van der Waals surface area contributed by atoms with E-state index in [4.69, 9.17) is 10.00 Å². The number of aliphatic hydroxyl groups excluding tert-OH is 1. The van der Waals surface area contributed by atoms with E-state index in [-0.39, 0.29) is 12.0 Å². The highest BCUT2D eigenvalue weighted by Gasteiger charge is 2.26. The van der Waals surface area contributed by atoms with Crippen molar-refractivity contribution in [1.82, 2.24) is 9.80 Å². The van der Waals surface area contributed by atoms with Gasteiger partial charge >= 0.3 is 0 Å². The molecule has 0 radical (unpaired) electrons. The van der Waals surface area contributed by atoms with E-state index in [1.54, 1.807) is 43.0 Å². The summed E-state index contributed by atoms with van der Waals surface area (Å²) in [5.74, 6) is 0.359. The zero-order chi connectivity index (χ0) is 16.8. The minimum absolute atomic E-state index is 0.0746. The van der Waals surface area contributed by atoms with Gasteiger partial charge in [-0.1, -0.05) is 12.1 Å². The molecular formula is C17H23N3O3. The zero-order valence-electron chi connectivity index (χ0n) is 13.6. The minimum Gasteiger partial charge on any atom is -0.480 e. The zero-order valence-corrected chi connectivity index (χ0v) is 13.6. The molecule has 6 heteroatoms. The van der Waals surface area contributed by atoms with Gasteiger partial charge in [0.15, 0.2) is 6.10 Å². The number of nitrogens with zero attached hydrogens (tertiary/aromatic N) is 3. The lowest BCUT2D eigenvalue weighted by Gasteiger charge is -2.36. The van der Waals surface area contributed by atoms with Crippen molar-refractivity contribution in [3.8, 4) is 11.8 Å². The maximum absolute atomic E-state index is 12.5. The molecule has 1 amide bonds. The summed E-state index contributed by atoms with van der Waals surface area (Å²) in [5, 5.41) is 18.5. The smallest absolute Gasteiger partial charge is 0.263 e. The molecule has 1 heterocycles. The van der Waals surface area contributed by atoms with Crippen molar-refractivity contribution in [2.75, 3.05) is 32.7 Å². The van der Waals surface area contributed by atoms with Crippen molar-refractivity contribution >= 4 is 5.91 Å². The standard InChI is InChI=1S/C17H23N3O3/c1-13(21)12-19-7-9-20(10-8-19)17(22)14(2)23-16-6-4-3-5-15(16)11-18/h3-6,13-14,21H,7-10,12H2,1-2H3/t13-,14+/m0/s1. The van der Waals surface area contributed by atoms with Crippen LogP contribution in [0.3, 0.4) is 0 Å². The van der Waals surface area contributed by atoms with E-state index in [0.29, 0.717) is 30.9 Å². The predicted molar refractivity (Wildman–Crippen MR) is 85.9 cm³/mol. The van der Waals surface area contributed by atoms with Crippen LogP contribution < -0.4 is 4.74 Å². The molecule has 124 valence electrons. The van der Waals surface area contributed by atoms with E-state index < -0.39 is 6.10 Å². The van der Waals surface area contributed by atoms with Crippen LogP contribution in [0.5, 0.6) is 5.75 Å². The summed E-state index contributed by atoms with van der Waals surface area (Å²) in [6.07, 6.45) is -0.991. The summed E-state index contributed by atoms with van der Waals surface area (Å²) in [7, 11) is 0. The fraction of sp³-hybridized carbons (Fsp3) is 0.529. The Kier molecular flexibility index (Phi) is 5.97. The highest BCUT2D eigenvalue weighted by Crippen LogP contribution is 2.19. The number of nitriles is 1. The molecule has 1 aliphatic rings. The number of β-amino-alcohol motifs (C(OH)–C–C–N with tert-alkyl or cyclic N) is 1. The number of hydrogen-bond donors (Lipinski definition) is 1. The Labute approximate surface area is 136 Å². The van der Waals surface area contributed by atoms with Crippen LogP contribution in [0, 0.1) is 11.3 Å². The van der Waals surface area contributed by atoms with Gasteiger partial charge in [0, 0.05) is 32.7 Å². The third-order valence-corrected chi connectivity index (χ3v) is 3.87. The number of amides is 1. The van der Waals surface area contributed by atoms with Crippen molar-refractivity contribution in [2.45, 2.75) is 26.1 Å². The molecule has 1 fully saturated rings. The van der Waals surface area contributed by atoms with E-state index in [2.05, 4.69) is 11.0 Å². The number of hydrogen-bond acceptors (Lipinski definition) is 5. The normalized spacial score (nSPS) is 18.1. The summed E-state index contributed by atoms with van der Waals surface area (Å²) in [4.78, 5) is 16.4. The molecule has 2 rings (SSSR count). The lowest BCUT2D eigenvalue weighted by Crippen LogP contribution is -2.52. The fourth-order valence-corrected chi connectivity index (χ4v) is 2.68. The Hall–Kier alpha value is -2.10. The van der Waals surface area contributed by atoms with Crippen molar-refractivity contribution in [2.24, 2.45) is 0 Å². The number of ether oxygens (including phenoxy) is 1. The Balaban J connectivity index is 1.90. The van der Waals surface area contributed by atoms with Crippen LogP contribution in [-0.4, -0.2) is 65.7 Å². The number of carbonyl (C=O) groups is 1. The number of aliphatic hydroxyl groups is 1. The number of rotatable bonds is 5. The molecule has 0 aliphatic carbocycles. The summed E-state index contributed by atoms with van der Waals surface area (Å²) in [6.45, 7) is 6.84. The van der Waals surface area contributed by atoms with Crippen LogP contribution in [0.4, 0.5) is 0 Å². The van der Waals surface area contributed by atoms with Crippen molar-refractivity contribution in [1.29, 1.82) is 5.26 Å². The number of carbonyl (C=O) groups excluding carboxylic acids is 1. The van der Waals surface area contributed by atoms with Crippen LogP contribution in [0.2, 0.25) is 0 Å². The maximum atomic E-state index is 12.5. The molecule has 1 saturated heterocycles. The van der Waals surface area contributed by atoms with Gasteiger partial charge in [0.05, 0.1) is 11.7 Å². The second kappa shape index (κ2) is 7.95. The monoisotopic (exact) mass is 317 g/mol. The molecule has 2 atom stereocenters. The topological polar surface area (TPSA) is 76.8 Å². The van der Waals surface area contributed by atoms with Gasteiger partial charge in [0.25, 0.3) is 5.91 Å². The highest BCUT2D eigenvalue weighted by molar-refractivity contribution is 5.81. The Morgan fingerprint density at radius 3 is 2.57 bits per heavy atom. The number of benzene rings is 1. The van der Waals surface area contributed by atoms with E-state index in [1.165, 1.54) is 0 Å². The first-order valence-corrected chi connectivity index (χ1v) is 7.86. The fourth-order valence-electron chi connectivity index (χ4n) is 2.68. The molecular weight excluding hydrogens is 294 g/mol. The SMILES string of the molecule is C[C@H](O)CN1CCN(C(=O)[C@@H](C)Oc2ccccc2C#N)CC1. The van der Waals surface area contributed by atoms with Crippen LogP contribution in [-0.2, 0) is 4.79 Å². The molecule has 1 aromatic rings. The largest absolute Gasteiger partial charge is 0.480 e. The first-order valence-electron chi connectivity index (χ1n) is 7.86. The molecule has 1 N–H and O–H groups in total. The Morgan fingerprint density at radius 1 is 1.30 bits per heavy atom. The molecule has 23 heavy (non-hydrogen) atoms. The average Bonchev–Trinajstić information content (AvgIpc) is 2.55. The number of piperazine rings is 1. The first kappa shape index (κ1) is 17.3. The summed E-state index contributed by atoms with van der Waals surface area (Å²) in [6, 6.07) is 8.97. The average molecular weight is 317 g/mol. The van der Waals surface area contributed by atoms with Gasteiger partial charge in [-0.15, -0.1) is 0 Å². The lowest BCUT2D eigenvalue weighted by atomic mass is 10.2. The van der Waals surface area contributed by atoms with E-state index in [1.807, 2.05) is 0 Å². The van der Waals surface area contributed by atoms with Gasteiger partial charge in [-0.25, -0.2) is 0 Å². The quantitative estimate of drug-likeness (QED) is 0.871. The second-order valence-corrected chi connectivity index (χ2v) is 5.84. The van der Waals surface area contributed by atoms with E-state index in [0.717, 1.165) is 13.1 Å². The van der Waals surface area contributed by atoms with Gasteiger partial charge < -0.3 is 14.7 Å². The van der Waals surface area contributed by atoms with Crippen molar-refractivity contribution in [3.05, 3.63) is 29.8 Å². The Morgan fingerprint density at radius 2 is 1.96 bits per heavy atom. The predicted octanol–water partition coefficient (Wildman–Crippen LogP) is 0.851. The lowest BCUT2D eigenvalue weighted by molar-refractivity contribution is -0.139. The highest BCUT2D eigenvalue weighted by atomic mass is 16.5. The third-order valence-electron chi connectivity index (χ3n) is 3.87. The molecule has 1 aromatic carbocycles. The van der Waals surface area contributed by atoms with E-state index >= 15 is 0 Å².